The Morgan fingerprint density at radius 1 is 1.11 bits per heavy atom. The number of hydrogen-bond donors (Lipinski definition) is 0. The van der Waals surface area contributed by atoms with Crippen molar-refractivity contribution in [1.29, 1.82) is 0 Å². The first kappa shape index (κ1) is 18.3. The van der Waals surface area contributed by atoms with E-state index < -0.39 is 0 Å². The van der Waals surface area contributed by atoms with Gasteiger partial charge in [-0.2, -0.15) is 5.10 Å². The lowest BCUT2D eigenvalue weighted by Crippen LogP contribution is -2.46. The van der Waals surface area contributed by atoms with Gasteiger partial charge in [-0.3, -0.25) is 4.68 Å². The van der Waals surface area contributed by atoms with Gasteiger partial charge in [-0.05, 0) is 35.0 Å². The molecule has 142 valence electrons. The van der Waals surface area contributed by atoms with Crippen LogP contribution in [0.3, 0.4) is 0 Å². The van der Waals surface area contributed by atoms with Gasteiger partial charge in [0.15, 0.2) is 5.13 Å². The molecule has 0 atom stereocenters. The normalized spacial score (nSPS) is 14.6. The van der Waals surface area contributed by atoms with Crippen LogP contribution in [0.25, 0.3) is 0 Å². The van der Waals surface area contributed by atoms with Gasteiger partial charge in [0.1, 0.15) is 5.75 Å². The molecule has 4 rings (SSSR count). The van der Waals surface area contributed by atoms with Gasteiger partial charge < -0.3 is 14.5 Å². The van der Waals surface area contributed by atoms with Gasteiger partial charge in [0.2, 0.25) is 0 Å². The molecule has 27 heavy (non-hydrogen) atoms. The lowest BCUT2D eigenvalue weighted by atomic mass is 10.2. The average Bonchev–Trinajstić information content (AvgIpc) is 3.32. The number of ether oxygens (including phenoxy) is 1. The fraction of sp³-hybridized carbons (Fsp3) is 0.368. The first-order chi connectivity index (χ1) is 13.2. The summed E-state index contributed by atoms with van der Waals surface area (Å²) in [5, 5.41) is 5.41. The fourth-order valence-electron chi connectivity index (χ4n) is 3.24. The highest BCUT2D eigenvalue weighted by molar-refractivity contribution is 9.10. The summed E-state index contributed by atoms with van der Waals surface area (Å²) in [4.78, 5) is 10.6. The molecule has 8 heteroatoms. The van der Waals surface area contributed by atoms with E-state index in [2.05, 4.69) is 47.9 Å². The van der Waals surface area contributed by atoms with Gasteiger partial charge in [-0.15, -0.1) is 0 Å². The van der Waals surface area contributed by atoms with Crippen molar-refractivity contribution in [2.24, 2.45) is 0 Å². The van der Waals surface area contributed by atoms with E-state index in [1.165, 1.54) is 10.6 Å². The second-order valence-electron chi connectivity index (χ2n) is 6.34. The Morgan fingerprint density at radius 3 is 2.63 bits per heavy atom. The SMILES string of the molecule is CCOc1ccccc1N1CCN(c2ncc(Cn3cc(Br)cn3)s2)CC1. The molecule has 6 nitrogen and oxygen atoms in total. The maximum atomic E-state index is 5.79. The predicted molar refractivity (Wildman–Crippen MR) is 113 cm³/mol. The molecule has 1 saturated heterocycles. The number of rotatable bonds is 6. The minimum Gasteiger partial charge on any atom is -0.492 e. The van der Waals surface area contributed by atoms with E-state index in [0.29, 0.717) is 6.61 Å². The molecule has 0 saturated carbocycles. The molecular weight excluding hydrogens is 426 g/mol. The molecule has 0 bridgehead atoms. The van der Waals surface area contributed by atoms with Crippen molar-refractivity contribution in [3.63, 3.8) is 0 Å². The topological polar surface area (TPSA) is 46.4 Å². The lowest BCUT2D eigenvalue weighted by molar-refractivity contribution is 0.340. The number of halogens is 1. The number of benzene rings is 1. The van der Waals surface area contributed by atoms with Crippen molar-refractivity contribution in [3.05, 3.63) is 52.2 Å². The van der Waals surface area contributed by atoms with Crippen molar-refractivity contribution < 1.29 is 4.74 Å². The molecule has 3 heterocycles. The summed E-state index contributed by atoms with van der Waals surface area (Å²) in [6, 6.07) is 8.29. The van der Waals surface area contributed by atoms with Crippen LogP contribution in [0, 0.1) is 0 Å². The van der Waals surface area contributed by atoms with E-state index in [1.54, 1.807) is 17.5 Å². The molecule has 0 N–H and O–H groups in total. The summed E-state index contributed by atoms with van der Waals surface area (Å²) in [6.07, 6.45) is 5.75. The third-order valence-corrected chi connectivity index (χ3v) is 5.97. The summed E-state index contributed by atoms with van der Waals surface area (Å²) in [7, 11) is 0. The number of aromatic nitrogens is 3. The van der Waals surface area contributed by atoms with Crippen LogP contribution in [0.1, 0.15) is 11.8 Å². The zero-order chi connectivity index (χ0) is 18.6. The fourth-order valence-corrected chi connectivity index (χ4v) is 4.52. The molecule has 3 aromatic rings. The first-order valence-corrected chi connectivity index (χ1v) is 10.7. The van der Waals surface area contributed by atoms with Crippen LogP contribution < -0.4 is 14.5 Å². The van der Waals surface area contributed by atoms with E-state index >= 15 is 0 Å². The number of nitrogens with zero attached hydrogens (tertiary/aromatic N) is 5. The Morgan fingerprint density at radius 2 is 1.89 bits per heavy atom. The highest BCUT2D eigenvalue weighted by Gasteiger charge is 2.21. The molecule has 0 radical (unpaired) electrons. The highest BCUT2D eigenvalue weighted by atomic mass is 79.9. The smallest absolute Gasteiger partial charge is 0.185 e. The molecule has 0 amide bonds. The number of para-hydroxylation sites is 2. The zero-order valence-corrected chi connectivity index (χ0v) is 17.6. The monoisotopic (exact) mass is 447 g/mol. The van der Waals surface area contributed by atoms with Gasteiger partial charge in [-0.25, -0.2) is 4.98 Å². The van der Waals surface area contributed by atoms with E-state index in [-0.39, 0.29) is 0 Å². The molecule has 0 spiro atoms. The lowest BCUT2D eigenvalue weighted by Gasteiger charge is -2.36. The summed E-state index contributed by atoms with van der Waals surface area (Å²) < 4.78 is 8.70. The molecule has 0 aliphatic carbocycles. The Balaban J connectivity index is 1.38. The van der Waals surface area contributed by atoms with Crippen LogP contribution in [-0.2, 0) is 6.54 Å². The second kappa shape index (κ2) is 8.31. The summed E-state index contributed by atoms with van der Waals surface area (Å²) in [6.45, 7) is 7.31. The molecular formula is C19H22BrN5OS. The Kier molecular flexibility index (Phi) is 5.63. The average molecular weight is 448 g/mol. The van der Waals surface area contributed by atoms with E-state index in [1.807, 2.05) is 36.1 Å². The van der Waals surface area contributed by atoms with Gasteiger partial charge in [0.25, 0.3) is 0 Å². The number of anilines is 2. The third kappa shape index (κ3) is 4.27. The minimum atomic E-state index is 0.686. The Hall–Kier alpha value is -2.06. The van der Waals surface area contributed by atoms with Crippen molar-refractivity contribution in [3.8, 4) is 5.75 Å². The van der Waals surface area contributed by atoms with Crippen LogP contribution in [0.5, 0.6) is 5.75 Å². The predicted octanol–water partition coefficient (Wildman–Crippen LogP) is 3.88. The second-order valence-corrected chi connectivity index (χ2v) is 8.35. The van der Waals surface area contributed by atoms with Crippen LogP contribution in [0.4, 0.5) is 10.8 Å². The van der Waals surface area contributed by atoms with Crippen molar-refractivity contribution >= 4 is 38.1 Å². The van der Waals surface area contributed by atoms with Gasteiger partial charge >= 0.3 is 0 Å². The van der Waals surface area contributed by atoms with Gasteiger partial charge in [0.05, 0.1) is 29.5 Å². The summed E-state index contributed by atoms with van der Waals surface area (Å²) in [5.74, 6) is 0.968. The maximum Gasteiger partial charge on any atom is 0.185 e. The molecule has 1 aliphatic rings. The molecule has 1 aromatic carbocycles. The van der Waals surface area contributed by atoms with Crippen LogP contribution >= 0.6 is 27.3 Å². The van der Waals surface area contributed by atoms with Gasteiger partial charge in [0, 0.05) is 43.4 Å². The first-order valence-electron chi connectivity index (χ1n) is 9.07. The van der Waals surface area contributed by atoms with Crippen molar-refractivity contribution in [2.75, 3.05) is 42.6 Å². The Labute approximate surface area is 171 Å². The molecule has 0 unspecified atom stereocenters. The van der Waals surface area contributed by atoms with Crippen LogP contribution in [-0.4, -0.2) is 47.6 Å². The largest absolute Gasteiger partial charge is 0.492 e. The van der Waals surface area contributed by atoms with Crippen LogP contribution in [0.15, 0.2) is 47.3 Å². The molecule has 1 aliphatic heterocycles. The van der Waals surface area contributed by atoms with Crippen LogP contribution in [0.2, 0.25) is 0 Å². The number of piperazine rings is 1. The van der Waals surface area contributed by atoms with Gasteiger partial charge in [-0.1, -0.05) is 23.5 Å². The highest BCUT2D eigenvalue weighted by Crippen LogP contribution is 2.30. The standard InChI is InChI=1S/C19H22BrN5OS/c1-2-26-18-6-4-3-5-17(18)23-7-9-24(10-8-23)19-21-12-16(27-19)14-25-13-15(20)11-22-25/h3-6,11-13H,2,7-10,14H2,1H3. The third-order valence-electron chi connectivity index (χ3n) is 4.52. The molecule has 2 aromatic heterocycles. The summed E-state index contributed by atoms with van der Waals surface area (Å²) >= 11 is 5.18. The number of thiazole rings is 1. The van der Waals surface area contributed by atoms with E-state index in [0.717, 1.165) is 48.1 Å². The van der Waals surface area contributed by atoms with E-state index in [4.69, 9.17) is 4.74 Å². The summed E-state index contributed by atoms with van der Waals surface area (Å²) in [5.41, 5.74) is 1.18. The maximum absolute atomic E-state index is 5.79. The molecule has 1 fully saturated rings. The van der Waals surface area contributed by atoms with Crippen molar-refractivity contribution in [2.45, 2.75) is 13.5 Å². The number of hydrogen-bond acceptors (Lipinski definition) is 6. The quantitative estimate of drug-likeness (QED) is 0.573. The van der Waals surface area contributed by atoms with Crippen molar-refractivity contribution in [1.82, 2.24) is 14.8 Å². The van der Waals surface area contributed by atoms with E-state index in [9.17, 15) is 0 Å². The minimum absolute atomic E-state index is 0.686. The zero-order valence-electron chi connectivity index (χ0n) is 15.2. The Bertz CT molecular complexity index is 888.